The quantitative estimate of drug-likeness (QED) is 0.825. The highest BCUT2D eigenvalue weighted by Crippen LogP contribution is 2.31. The Labute approximate surface area is 129 Å². The molecule has 0 aliphatic heterocycles. The van der Waals surface area contributed by atoms with Crippen LogP contribution in [0.15, 0.2) is 40.9 Å². The van der Waals surface area contributed by atoms with Crippen LogP contribution in [0.5, 0.6) is 5.75 Å². The Bertz CT molecular complexity index is 610. The highest BCUT2D eigenvalue weighted by molar-refractivity contribution is 9.10. The Morgan fingerprint density at radius 1 is 1.05 bits per heavy atom. The first-order valence-corrected chi connectivity index (χ1v) is 7.48. The van der Waals surface area contributed by atoms with Gasteiger partial charge in [-0.15, -0.1) is 0 Å². The van der Waals surface area contributed by atoms with Crippen LogP contribution in [0, 0.1) is 13.8 Å². The van der Waals surface area contributed by atoms with Gasteiger partial charge in [0, 0.05) is 15.7 Å². The van der Waals surface area contributed by atoms with Crippen LogP contribution in [0.3, 0.4) is 0 Å². The number of nitrogens with one attached hydrogen (secondary N) is 1. The van der Waals surface area contributed by atoms with Gasteiger partial charge in [0.1, 0.15) is 5.75 Å². The predicted molar refractivity (Wildman–Crippen MR) is 88.6 cm³/mol. The minimum atomic E-state index is 0.171. The first-order valence-electron chi connectivity index (χ1n) is 6.68. The fourth-order valence-electron chi connectivity index (χ4n) is 2.22. The van der Waals surface area contributed by atoms with E-state index in [0.29, 0.717) is 0 Å². The lowest BCUT2D eigenvalue weighted by molar-refractivity contribution is 0.407. The van der Waals surface area contributed by atoms with Crippen LogP contribution in [0.4, 0.5) is 5.69 Å². The standard InChI is InChI=1S/C17H20BrNO/c1-11-6-8-16(15(18)9-11)19-13(3)14-7-5-12(2)10-17(14)20-4/h5-10,13,19H,1-4H3. The Morgan fingerprint density at radius 2 is 1.70 bits per heavy atom. The second kappa shape index (κ2) is 6.31. The molecule has 0 amide bonds. The lowest BCUT2D eigenvalue weighted by Crippen LogP contribution is -2.08. The molecule has 0 spiro atoms. The van der Waals surface area contributed by atoms with Crippen molar-refractivity contribution in [3.63, 3.8) is 0 Å². The third-order valence-electron chi connectivity index (χ3n) is 3.35. The van der Waals surface area contributed by atoms with E-state index >= 15 is 0 Å². The molecule has 0 aliphatic carbocycles. The number of ether oxygens (including phenoxy) is 1. The van der Waals surface area contributed by atoms with Gasteiger partial charge in [-0.25, -0.2) is 0 Å². The molecule has 0 aliphatic rings. The fraction of sp³-hybridized carbons (Fsp3) is 0.294. The maximum atomic E-state index is 5.48. The van der Waals surface area contributed by atoms with Crippen LogP contribution in [-0.2, 0) is 0 Å². The number of hydrogen-bond donors (Lipinski definition) is 1. The second-order valence-corrected chi connectivity index (χ2v) is 5.95. The Balaban J connectivity index is 2.25. The Hall–Kier alpha value is -1.48. The van der Waals surface area contributed by atoms with Crippen molar-refractivity contribution >= 4 is 21.6 Å². The molecule has 2 aromatic rings. The highest BCUT2D eigenvalue weighted by atomic mass is 79.9. The number of hydrogen-bond acceptors (Lipinski definition) is 2. The maximum Gasteiger partial charge on any atom is 0.124 e. The molecular weight excluding hydrogens is 314 g/mol. The van der Waals surface area contributed by atoms with Crippen LogP contribution in [0.1, 0.15) is 29.7 Å². The van der Waals surface area contributed by atoms with Gasteiger partial charge < -0.3 is 10.1 Å². The summed E-state index contributed by atoms with van der Waals surface area (Å²) in [7, 11) is 1.72. The van der Waals surface area contributed by atoms with Crippen LogP contribution in [-0.4, -0.2) is 7.11 Å². The van der Waals surface area contributed by atoms with E-state index in [-0.39, 0.29) is 6.04 Å². The molecule has 0 bridgehead atoms. The summed E-state index contributed by atoms with van der Waals surface area (Å²) in [5, 5.41) is 3.52. The summed E-state index contributed by atoms with van der Waals surface area (Å²) in [5.74, 6) is 0.924. The van der Waals surface area contributed by atoms with Gasteiger partial charge in [0.2, 0.25) is 0 Å². The van der Waals surface area contributed by atoms with Crippen LogP contribution >= 0.6 is 15.9 Å². The largest absolute Gasteiger partial charge is 0.496 e. The number of halogens is 1. The number of anilines is 1. The summed E-state index contributed by atoms with van der Waals surface area (Å²) in [6, 6.07) is 12.8. The number of benzene rings is 2. The number of rotatable bonds is 4. The summed E-state index contributed by atoms with van der Waals surface area (Å²) < 4.78 is 6.56. The van der Waals surface area contributed by atoms with Crippen molar-refractivity contribution in [3.05, 3.63) is 57.6 Å². The van der Waals surface area contributed by atoms with E-state index in [9.17, 15) is 0 Å². The Kier molecular flexibility index (Phi) is 4.71. The molecule has 2 nitrogen and oxygen atoms in total. The number of methoxy groups -OCH3 is 1. The van der Waals surface area contributed by atoms with Crippen molar-refractivity contribution in [2.24, 2.45) is 0 Å². The van der Waals surface area contributed by atoms with E-state index in [0.717, 1.165) is 21.5 Å². The molecule has 3 heteroatoms. The zero-order chi connectivity index (χ0) is 14.7. The van der Waals surface area contributed by atoms with Gasteiger partial charge in [0.15, 0.2) is 0 Å². The zero-order valence-corrected chi connectivity index (χ0v) is 13.9. The normalized spacial score (nSPS) is 12.1. The molecule has 0 fully saturated rings. The van der Waals surface area contributed by atoms with E-state index in [1.807, 2.05) is 0 Å². The molecule has 2 rings (SSSR count). The van der Waals surface area contributed by atoms with Crippen molar-refractivity contribution in [2.75, 3.05) is 12.4 Å². The summed E-state index contributed by atoms with van der Waals surface area (Å²) in [6.45, 7) is 6.29. The fourth-order valence-corrected chi connectivity index (χ4v) is 2.83. The van der Waals surface area contributed by atoms with Gasteiger partial charge in [0.25, 0.3) is 0 Å². The summed E-state index contributed by atoms with van der Waals surface area (Å²) in [6.07, 6.45) is 0. The van der Waals surface area contributed by atoms with Crippen molar-refractivity contribution in [1.29, 1.82) is 0 Å². The van der Waals surface area contributed by atoms with Gasteiger partial charge in [0.05, 0.1) is 13.2 Å². The molecular formula is C17H20BrNO. The van der Waals surface area contributed by atoms with Gasteiger partial charge in [-0.2, -0.15) is 0 Å². The molecule has 1 atom stereocenters. The predicted octanol–water partition coefficient (Wildman–Crippen LogP) is 5.25. The second-order valence-electron chi connectivity index (χ2n) is 5.09. The molecule has 20 heavy (non-hydrogen) atoms. The van der Waals surface area contributed by atoms with Crippen molar-refractivity contribution < 1.29 is 4.74 Å². The minimum absolute atomic E-state index is 0.171. The molecule has 106 valence electrons. The molecule has 0 saturated carbocycles. The highest BCUT2D eigenvalue weighted by Gasteiger charge is 2.12. The zero-order valence-electron chi connectivity index (χ0n) is 12.3. The molecule has 2 aromatic carbocycles. The average molecular weight is 334 g/mol. The number of aryl methyl sites for hydroxylation is 2. The van der Waals surface area contributed by atoms with Gasteiger partial charge in [-0.05, 0) is 66.0 Å². The van der Waals surface area contributed by atoms with Crippen LogP contribution in [0.2, 0.25) is 0 Å². The first kappa shape index (κ1) is 14.9. The van der Waals surface area contributed by atoms with E-state index in [2.05, 4.69) is 78.4 Å². The molecule has 1 unspecified atom stereocenters. The van der Waals surface area contributed by atoms with E-state index in [1.54, 1.807) is 7.11 Å². The van der Waals surface area contributed by atoms with E-state index < -0.39 is 0 Å². The van der Waals surface area contributed by atoms with Crippen molar-refractivity contribution in [3.8, 4) is 5.75 Å². The molecule has 0 radical (unpaired) electrons. The summed E-state index contributed by atoms with van der Waals surface area (Å²) >= 11 is 3.60. The van der Waals surface area contributed by atoms with Gasteiger partial charge in [-0.3, -0.25) is 0 Å². The SMILES string of the molecule is COc1cc(C)ccc1C(C)Nc1ccc(C)cc1Br. The lowest BCUT2D eigenvalue weighted by Gasteiger charge is -2.20. The average Bonchev–Trinajstić information content (AvgIpc) is 2.41. The molecule has 0 heterocycles. The minimum Gasteiger partial charge on any atom is -0.496 e. The molecule has 0 saturated heterocycles. The smallest absolute Gasteiger partial charge is 0.124 e. The van der Waals surface area contributed by atoms with Crippen molar-refractivity contribution in [2.45, 2.75) is 26.8 Å². The monoisotopic (exact) mass is 333 g/mol. The third kappa shape index (κ3) is 3.34. The third-order valence-corrected chi connectivity index (χ3v) is 4.01. The van der Waals surface area contributed by atoms with Gasteiger partial charge >= 0.3 is 0 Å². The van der Waals surface area contributed by atoms with Gasteiger partial charge in [-0.1, -0.05) is 18.2 Å². The molecule has 0 aromatic heterocycles. The maximum absolute atomic E-state index is 5.48. The van der Waals surface area contributed by atoms with E-state index in [1.165, 1.54) is 11.1 Å². The van der Waals surface area contributed by atoms with Crippen LogP contribution in [0.25, 0.3) is 0 Å². The summed E-state index contributed by atoms with van der Waals surface area (Å²) in [5.41, 5.74) is 4.69. The first-order chi connectivity index (χ1) is 9.51. The summed E-state index contributed by atoms with van der Waals surface area (Å²) in [4.78, 5) is 0. The topological polar surface area (TPSA) is 21.3 Å². The van der Waals surface area contributed by atoms with E-state index in [4.69, 9.17) is 4.74 Å². The lowest BCUT2D eigenvalue weighted by atomic mass is 10.0. The van der Waals surface area contributed by atoms with Crippen LogP contribution < -0.4 is 10.1 Å². The van der Waals surface area contributed by atoms with Crippen molar-refractivity contribution in [1.82, 2.24) is 0 Å². The Morgan fingerprint density at radius 3 is 2.35 bits per heavy atom. The molecule has 1 N–H and O–H groups in total.